The Morgan fingerprint density at radius 1 is 1.12 bits per heavy atom. The Morgan fingerprint density at radius 3 is 2.72 bits per heavy atom. The number of hydrogen-bond donors (Lipinski definition) is 0. The largest absolute Gasteiger partial charge is 0.458 e. The zero-order chi connectivity index (χ0) is 22.6. The second kappa shape index (κ2) is 9.37. The number of carbonyl (C=O) groups excluding carboxylic acids is 1. The Kier molecular flexibility index (Phi) is 6.37. The SMILES string of the molecule is O=C([N]CCC#C[C@@H]1CC[C@@H](c2cc3cc(C(F)(F)F)ccc3o2)O1)Oc1ccccc1. The number of alkyl halides is 3. The molecule has 0 unspecified atom stereocenters. The molecule has 0 spiro atoms. The fourth-order valence-corrected chi connectivity index (χ4v) is 3.36. The van der Waals surface area contributed by atoms with Crippen LogP contribution in [0.25, 0.3) is 11.0 Å². The third-order valence-corrected chi connectivity index (χ3v) is 4.89. The first-order valence-electron chi connectivity index (χ1n) is 10.1. The van der Waals surface area contributed by atoms with Gasteiger partial charge < -0.3 is 13.9 Å². The summed E-state index contributed by atoms with van der Waals surface area (Å²) in [5.74, 6) is 6.85. The number of benzene rings is 2. The highest BCUT2D eigenvalue weighted by Crippen LogP contribution is 2.37. The van der Waals surface area contributed by atoms with Crippen LogP contribution in [0.4, 0.5) is 18.0 Å². The van der Waals surface area contributed by atoms with Crippen LogP contribution in [0, 0.1) is 11.8 Å². The van der Waals surface area contributed by atoms with Gasteiger partial charge in [-0.05, 0) is 49.2 Å². The van der Waals surface area contributed by atoms with E-state index in [1.807, 2.05) is 6.07 Å². The number of furan rings is 1. The van der Waals surface area contributed by atoms with E-state index in [-0.39, 0.29) is 18.8 Å². The average Bonchev–Trinajstić information content (AvgIpc) is 3.40. The van der Waals surface area contributed by atoms with Crippen LogP contribution in [0.3, 0.4) is 0 Å². The molecule has 2 atom stereocenters. The number of nitrogens with zero attached hydrogens (tertiary/aromatic N) is 1. The number of fused-ring (bicyclic) bond motifs is 1. The van der Waals surface area contributed by atoms with Gasteiger partial charge in [0.2, 0.25) is 0 Å². The number of amides is 1. The van der Waals surface area contributed by atoms with E-state index in [9.17, 15) is 18.0 Å². The second-order valence-electron chi connectivity index (χ2n) is 7.22. The molecule has 4 rings (SSSR count). The normalized spacial score (nSPS) is 18.2. The number of halogens is 3. The summed E-state index contributed by atoms with van der Waals surface area (Å²) in [4.78, 5) is 11.6. The molecule has 5 nitrogen and oxygen atoms in total. The number of para-hydroxylation sites is 1. The molecule has 1 aromatic heterocycles. The van der Waals surface area contributed by atoms with Gasteiger partial charge in [0.1, 0.15) is 29.3 Å². The van der Waals surface area contributed by atoms with E-state index in [0.29, 0.717) is 41.7 Å². The van der Waals surface area contributed by atoms with Gasteiger partial charge in [0.15, 0.2) is 0 Å². The van der Waals surface area contributed by atoms with Gasteiger partial charge in [0, 0.05) is 11.8 Å². The lowest BCUT2D eigenvalue weighted by atomic mass is 10.1. The summed E-state index contributed by atoms with van der Waals surface area (Å²) >= 11 is 0. The minimum atomic E-state index is -4.40. The van der Waals surface area contributed by atoms with Crippen molar-refractivity contribution < 1.29 is 31.9 Å². The molecule has 3 aromatic rings. The van der Waals surface area contributed by atoms with Crippen molar-refractivity contribution >= 4 is 17.1 Å². The lowest BCUT2D eigenvalue weighted by Crippen LogP contribution is -2.20. The number of rotatable bonds is 4. The highest BCUT2D eigenvalue weighted by atomic mass is 19.4. The van der Waals surface area contributed by atoms with Crippen molar-refractivity contribution in [1.29, 1.82) is 0 Å². The first kappa shape index (κ1) is 21.8. The van der Waals surface area contributed by atoms with E-state index in [1.165, 1.54) is 6.07 Å². The van der Waals surface area contributed by atoms with Gasteiger partial charge in [-0.25, -0.2) is 10.1 Å². The molecule has 165 valence electrons. The van der Waals surface area contributed by atoms with Crippen molar-refractivity contribution in [3.8, 4) is 17.6 Å². The van der Waals surface area contributed by atoms with Gasteiger partial charge in [-0.1, -0.05) is 30.0 Å². The van der Waals surface area contributed by atoms with E-state index >= 15 is 0 Å². The summed E-state index contributed by atoms with van der Waals surface area (Å²) in [7, 11) is 0. The minimum absolute atomic E-state index is 0.208. The molecule has 1 aliphatic rings. The van der Waals surface area contributed by atoms with Gasteiger partial charge in [0.25, 0.3) is 0 Å². The Balaban J connectivity index is 1.25. The van der Waals surface area contributed by atoms with Gasteiger partial charge >= 0.3 is 12.3 Å². The Morgan fingerprint density at radius 2 is 1.94 bits per heavy atom. The molecule has 1 aliphatic heterocycles. The fourth-order valence-electron chi connectivity index (χ4n) is 3.36. The summed E-state index contributed by atoms with van der Waals surface area (Å²) in [5, 5.41) is 4.18. The minimum Gasteiger partial charge on any atom is -0.458 e. The first-order valence-corrected chi connectivity index (χ1v) is 10.1. The molecule has 0 bridgehead atoms. The summed E-state index contributed by atoms with van der Waals surface area (Å²) < 4.78 is 55.3. The van der Waals surface area contributed by atoms with E-state index in [1.54, 1.807) is 30.3 Å². The molecular weight excluding hydrogens is 423 g/mol. The quantitative estimate of drug-likeness (QED) is 0.375. The Labute approximate surface area is 182 Å². The maximum absolute atomic E-state index is 12.9. The van der Waals surface area contributed by atoms with E-state index in [4.69, 9.17) is 13.9 Å². The lowest BCUT2D eigenvalue weighted by molar-refractivity contribution is -0.137. The van der Waals surface area contributed by atoms with Gasteiger partial charge in [-0.2, -0.15) is 13.2 Å². The van der Waals surface area contributed by atoms with Crippen LogP contribution in [-0.4, -0.2) is 18.7 Å². The van der Waals surface area contributed by atoms with Crippen LogP contribution in [-0.2, 0) is 10.9 Å². The Hall–Kier alpha value is -3.44. The number of carbonyl (C=O) groups is 1. The predicted octanol–water partition coefficient (Wildman–Crippen LogP) is 5.87. The summed E-state index contributed by atoms with van der Waals surface area (Å²) in [6.07, 6.45) is -4.04. The van der Waals surface area contributed by atoms with Gasteiger partial charge in [0.05, 0.1) is 12.1 Å². The molecule has 2 aromatic carbocycles. The first-order chi connectivity index (χ1) is 15.4. The van der Waals surface area contributed by atoms with Crippen LogP contribution >= 0.6 is 0 Å². The molecule has 1 radical (unpaired) electrons. The lowest BCUT2D eigenvalue weighted by Gasteiger charge is -2.06. The van der Waals surface area contributed by atoms with Crippen molar-refractivity contribution in [1.82, 2.24) is 5.32 Å². The molecule has 1 fully saturated rings. The predicted molar refractivity (Wildman–Crippen MR) is 110 cm³/mol. The maximum atomic E-state index is 12.9. The highest BCUT2D eigenvalue weighted by molar-refractivity contribution is 5.79. The molecule has 0 aliphatic carbocycles. The monoisotopic (exact) mass is 442 g/mol. The third-order valence-electron chi connectivity index (χ3n) is 4.89. The smallest absolute Gasteiger partial charge is 0.434 e. The third kappa shape index (κ3) is 5.42. The molecule has 0 saturated carbocycles. The van der Waals surface area contributed by atoms with Crippen LogP contribution in [0.1, 0.15) is 36.7 Å². The van der Waals surface area contributed by atoms with Crippen molar-refractivity contribution in [3.63, 3.8) is 0 Å². The molecular formula is C24H19F3NO4. The second-order valence-corrected chi connectivity index (χ2v) is 7.22. The zero-order valence-corrected chi connectivity index (χ0v) is 16.9. The Bertz CT molecular complexity index is 1140. The summed E-state index contributed by atoms with van der Waals surface area (Å²) in [6, 6.07) is 13.6. The van der Waals surface area contributed by atoms with Crippen molar-refractivity contribution in [2.24, 2.45) is 0 Å². The van der Waals surface area contributed by atoms with Crippen molar-refractivity contribution in [2.75, 3.05) is 6.54 Å². The zero-order valence-electron chi connectivity index (χ0n) is 16.9. The van der Waals surface area contributed by atoms with Crippen molar-refractivity contribution in [3.05, 3.63) is 65.9 Å². The molecule has 2 heterocycles. The summed E-state index contributed by atoms with van der Waals surface area (Å²) in [5.41, 5.74) is -0.332. The number of ether oxygens (including phenoxy) is 2. The standard InChI is InChI=1S/C24H19F3NO4/c25-24(26,27)17-9-11-20-16(14-17)15-22(32-20)21-12-10-19(30-21)8-4-5-13-28-23(29)31-18-6-2-1-3-7-18/h1-3,6-7,9,11,14-15,19,21H,5,10,12-13H2/t19-,21+/m1/s1. The van der Waals surface area contributed by atoms with E-state index in [0.717, 1.165) is 12.1 Å². The highest BCUT2D eigenvalue weighted by Gasteiger charge is 2.32. The molecule has 1 amide bonds. The maximum Gasteiger partial charge on any atom is 0.434 e. The van der Waals surface area contributed by atoms with E-state index < -0.39 is 17.8 Å². The van der Waals surface area contributed by atoms with Crippen LogP contribution in [0.2, 0.25) is 0 Å². The molecule has 1 saturated heterocycles. The van der Waals surface area contributed by atoms with Crippen molar-refractivity contribution in [2.45, 2.75) is 37.6 Å². The van der Waals surface area contributed by atoms with Gasteiger partial charge in [-0.3, -0.25) is 0 Å². The molecule has 8 heteroatoms. The fraction of sp³-hybridized carbons (Fsp3) is 0.292. The van der Waals surface area contributed by atoms with E-state index in [2.05, 4.69) is 17.2 Å². The van der Waals surface area contributed by atoms with Crippen LogP contribution < -0.4 is 10.1 Å². The van der Waals surface area contributed by atoms with Crippen LogP contribution in [0.5, 0.6) is 5.75 Å². The summed E-state index contributed by atoms with van der Waals surface area (Å²) in [6.45, 7) is 0.208. The van der Waals surface area contributed by atoms with Crippen LogP contribution in [0.15, 0.2) is 59.0 Å². The molecule has 0 N–H and O–H groups in total. The topological polar surface area (TPSA) is 62.8 Å². The molecule has 32 heavy (non-hydrogen) atoms. The average molecular weight is 442 g/mol. The van der Waals surface area contributed by atoms with Gasteiger partial charge in [-0.15, -0.1) is 0 Å². The number of hydrogen-bond acceptors (Lipinski definition) is 4.